The van der Waals surface area contributed by atoms with E-state index in [2.05, 4.69) is 20.8 Å². The van der Waals surface area contributed by atoms with Gasteiger partial charge in [-0.3, -0.25) is 9.69 Å². The maximum absolute atomic E-state index is 11.7. The minimum Gasteiger partial charge on any atom is -0.468 e. The van der Waals surface area contributed by atoms with Crippen molar-refractivity contribution in [1.29, 1.82) is 0 Å². The van der Waals surface area contributed by atoms with Crippen LogP contribution in [0.15, 0.2) is 21.2 Å². The molecular weight excluding hydrogens is 286 g/mol. The molecule has 1 atom stereocenters. The van der Waals surface area contributed by atoms with Crippen molar-refractivity contribution >= 4 is 21.9 Å². The molecule has 5 heteroatoms. The van der Waals surface area contributed by atoms with Crippen molar-refractivity contribution in [3.63, 3.8) is 0 Å². The Labute approximate surface area is 109 Å². The highest BCUT2D eigenvalue weighted by Gasteiger charge is 2.29. The topological polar surface area (TPSA) is 42.7 Å². The number of esters is 1. The average molecular weight is 302 g/mol. The van der Waals surface area contributed by atoms with Gasteiger partial charge in [0.15, 0.2) is 4.67 Å². The Bertz CT molecular complexity index is 391. The second kappa shape index (κ2) is 5.69. The number of methoxy groups -OCH3 is 1. The van der Waals surface area contributed by atoms with Crippen LogP contribution in [-0.2, 0) is 16.1 Å². The van der Waals surface area contributed by atoms with Crippen LogP contribution in [0.1, 0.15) is 25.0 Å². The Morgan fingerprint density at radius 3 is 3.06 bits per heavy atom. The van der Waals surface area contributed by atoms with Gasteiger partial charge in [0.05, 0.1) is 13.7 Å². The van der Waals surface area contributed by atoms with Crippen LogP contribution >= 0.6 is 15.9 Å². The fourth-order valence-corrected chi connectivity index (χ4v) is 2.56. The Morgan fingerprint density at radius 1 is 1.59 bits per heavy atom. The monoisotopic (exact) mass is 301 g/mol. The van der Waals surface area contributed by atoms with Crippen LogP contribution in [-0.4, -0.2) is 30.6 Å². The zero-order valence-electron chi connectivity index (χ0n) is 9.82. The van der Waals surface area contributed by atoms with Gasteiger partial charge in [-0.25, -0.2) is 0 Å². The first-order valence-electron chi connectivity index (χ1n) is 5.77. The molecule has 0 bridgehead atoms. The largest absolute Gasteiger partial charge is 0.468 e. The molecule has 1 aliphatic heterocycles. The number of rotatable bonds is 3. The summed E-state index contributed by atoms with van der Waals surface area (Å²) in [6.45, 7) is 1.57. The SMILES string of the molecule is COC(=O)[C@H]1CCCCN1Cc1ccc(Br)o1. The maximum Gasteiger partial charge on any atom is 0.323 e. The molecule has 2 heterocycles. The number of likely N-dealkylation sites (tertiary alicyclic amines) is 1. The van der Waals surface area contributed by atoms with Crippen molar-refractivity contribution < 1.29 is 13.9 Å². The summed E-state index contributed by atoms with van der Waals surface area (Å²) in [5.74, 6) is 0.725. The number of hydrogen-bond acceptors (Lipinski definition) is 4. The number of furan rings is 1. The minimum absolute atomic E-state index is 0.127. The first kappa shape index (κ1) is 12.6. The molecular formula is C12H16BrNO3. The van der Waals surface area contributed by atoms with Crippen molar-refractivity contribution in [3.05, 3.63) is 22.6 Å². The van der Waals surface area contributed by atoms with E-state index in [1.807, 2.05) is 12.1 Å². The molecule has 1 aromatic rings. The number of piperidine rings is 1. The van der Waals surface area contributed by atoms with Crippen LogP contribution in [0.4, 0.5) is 0 Å². The number of halogens is 1. The maximum atomic E-state index is 11.7. The smallest absolute Gasteiger partial charge is 0.323 e. The van der Waals surface area contributed by atoms with E-state index in [1.54, 1.807) is 0 Å². The molecule has 1 aromatic heterocycles. The number of ether oxygens (including phenoxy) is 1. The molecule has 2 rings (SSSR count). The second-order valence-electron chi connectivity index (χ2n) is 4.21. The zero-order chi connectivity index (χ0) is 12.3. The van der Waals surface area contributed by atoms with Crippen molar-refractivity contribution in [2.45, 2.75) is 31.8 Å². The van der Waals surface area contributed by atoms with Gasteiger partial charge in [0.2, 0.25) is 0 Å². The van der Waals surface area contributed by atoms with Crippen molar-refractivity contribution in [3.8, 4) is 0 Å². The molecule has 1 saturated heterocycles. The summed E-state index contributed by atoms with van der Waals surface area (Å²) in [4.78, 5) is 13.8. The normalized spacial score (nSPS) is 21.4. The molecule has 17 heavy (non-hydrogen) atoms. The molecule has 0 spiro atoms. The molecule has 0 unspecified atom stereocenters. The van der Waals surface area contributed by atoms with Crippen molar-refractivity contribution in [1.82, 2.24) is 4.90 Å². The number of carbonyl (C=O) groups is 1. The molecule has 1 aliphatic rings. The Morgan fingerprint density at radius 2 is 2.41 bits per heavy atom. The van der Waals surface area contributed by atoms with E-state index in [1.165, 1.54) is 7.11 Å². The van der Waals surface area contributed by atoms with Crippen LogP contribution in [0.3, 0.4) is 0 Å². The lowest BCUT2D eigenvalue weighted by Crippen LogP contribution is -2.44. The second-order valence-corrected chi connectivity index (χ2v) is 4.99. The summed E-state index contributed by atoms with van der Waals surface area (Å²) < 4.78 is 11.0. The van der Waals surface area contributed by atoms with Crippen molar-refractivity contribution in [2.24, 2.45) is 0 Å². The van der Waals surface area contributed by atoms with Gasteiger partial charge in [0.1, 0.15) is 11.8 Å². The molecule has 0 amide bonds. The molecule has 1 fully saturated rings. The van der Waals surface area contributed by atoms with Crippen LogP contribution in [0.25, 0.3) is 0 Å². The number of hydrogen-bond donors (Lipinski definition) is 0. The van der Waals surface area contributed by atoms with Crippen LogP contribution in [0, 0.1) is 0 Å². The van der Waals surface area contributed by atoms with Gasteiger partial charge < -0.3 is 9.15 Å². The predicted octanol–water partition coefficient (Wildman–Crippen LogP) is 2.57. The number of nitrogens with zero attached hydrogens (tertiary/aromatic N) is 1. The van der Waals surface area contributed by atoms with E-state index in [4.69, 9.17) is 9.15 Å². The third kappa shape index (κ3) is 3.10. The van der Waals surface area contributed by atoms with Crippen LogP contribution in [0.5, 0.6) is 0 Å². The third-order valence-electron chi connectivity index (χ3n) is 3.07. The molecule has 0 aliphatic carbocycles. The Balaban J connectivity index is 2.03. The summed E-state index contributed by atoms with van der Waals surface area (Å²) >= 11 is 3.28. The van der Waals surface area contributed by atoms with Crippen LogP contribution in [0.2, 0.25) is 0 Å². The van der Waals surface area contributed by atoms with E-state index in [9.17, 15) is 4.79 Å². The number of carbonyl (C=O) groups excluding carboxylic acids is 1. The van der Waals surface area contributed by atoms with Crippen molar-refractivity contribution in [2.75, 3.05) is 13.7 Å². The first-order valence-corrected chi connectivity index (χ1v) is 6.56. The third-order valence-corrected chi connectivity index (χ3v) is 3.50. The predicted molar refractivity (Wildman–Crippen MR) is 66.5 cm³/mol. The average Bonchev–Trinajstić information content (AvgIpc) is 2.74. The van der Waals surface area contributed by atoms with Gasteiger partial charge in [-0.15, -0.1) is 0 Å². The molecule has 4 nitrogen and oxygen atoms in total. The summed E-state index contributed by atoms with van der Waals surface area (Å²) in [7, 11) is 1.44. The minimum atomic E-state index is -0.143. The highest BCUT2D eigenvalue weighted by Crippen LogP contribution is 2.22. The van der Waals surface area contributed by atoms with E-state index < -0.39 is 0 Å². The van der Waals surface area contributed by atoms with Gasteiger partial charge in [0.25, 0.3) is 0 Å². The fraction of sp³-hybridized carbons (Fsp3) is 0.583. The van der Waals surface area contributed by atoms with E-state index >= 15 is 0 Å². The summed E-state index contributed by atoms with van der Waals surface area (Å²) in [6, 6.07) is 3.66. The van der Waals surface area contributed by atoms with Gasteiger partial charge in [-0.2, -0.15) is 0 Å². The highest BCUT2D eigenvalue weighted by molar-refractivity contribution is 9.10. The van der Waals surface area contributed by atoms with E-state index in [0.29, 0.717) is 6.54 Å². The summed E-state index contributed by atoms with van der Waals surface area (Å²) in [5, 5.41) is 0. The molecule has 0 saturated carbocycles. The lowest BCUT2D eigenvalue weighted by Gasteiger charge is -2.32. The van der Waals surface area contributed by atoms with E-state index in [-0.39, 0.29) is 12.0 Å². The fourth-order valence-electron chi connectivity index (χ4n) is 2.22. The summed E-state index contributed by atoms with van der Waals surface area (Å²) in [5.41, 5.74) is 0. The molecule has 94 valence electrons. The zero-order valence-corrected chi connectivity index (χ0v) is 11.4. The lowest BCUT2D eigenvalue weighted by molar-refractivity contribution is -0.148. The van der Waals surface area contributed by atoms with Gasteiger partial charge in [0, 0.05) is 0 Å². The molecule has 0 radical (unpaired) electrons. The Kier molecular flexibility index (Phi) is 4.23. The van der Waals surface area contributed by atoms with E-state index in [0.717, 1.165) is 36.2 Å². The Hall–Kier alpha value is -0.810. The molecule has 0 aromatic carbocycles. The lowest BCUT2D eigenvalue weighted by atomic mass is 10.0. The van der Waals surface area contributed by atoms with Gasteiger partial charge in [-0.05, 0) is 47.4 Å². The highest BCUT2D eigenvalue weighted by atomic mass is 79.9. The van der Waals surface area contributed by atoms with Gasteiger partial charge >= 0.3 is 5.97 Å². The quantitative estimate of drug-likeness (QED) is 0.805. The van der Waals surface area contributed by atoms with Crippen LogP contribution < -0.4 is 0 Å². The standard InChI is InChI=1S/C12H16BrNO3/c1-16-12(15)10-4-2-3-7-14(10)8-9-5-6-11(13)17-9/h5-6,10H,2-4,7-8H2,1H3/t10-/m1/s1. The molecule has 0 N–H and O–H groups in total. The first-order chi connectivity index (χ1) is 8.20. The van der Waals surface area contributed by atoms with Gasteiger partial charge in [-0.1, -0.05) is 6.42 Å². The summed E-state index contributed by atoms with van der Waals surface area (Å²) in [6.07, 6.45) is 3.07.